The largest absolute Gasteiger partial charge is 0.629 e. The summed E-state index contributed by atoms with van der Waals surface area (Å²) in [5.74, 6) is 0.0586. The molecule has 162 valence electrons. The summed E-state index contributed by atoms with van der Waals surface area (Å²) < 4.78 is 0. The smallest absolute Gasteiger partial charge is 0.245 e. The highest BCUT2D eigenvalue weighted by Gasteiger charge is 2.33. The summed E-state index contributed by atoms with van der Waals surface area (Å²) >= 11 is 1.49. The van der Waals surface area contributed by atoms with Crippen LogP contribution in [-0.4, -0.2) is 54.5 Å². The number of benzene rings is 1. The number of rotatable bonds is 6. The number of carbonyl (C=O) groups is 1. The topological polar surface area (TPSA) is 54.3 Å². The molecule has 0 saturated carbocycles. The van der Waals surface area contributed by atoms with E-state index in [2.05, 4.69) is 23.6 Å². The molecule has 0 spiro atoms. The van der Waals surface area contributed by atoms with Crippen LogP contribution in [0.3, 0.4) is 0 Å². The number of quaternary nitrogens is 1. The van der Waals surface area contributed by atoms with E-state index >= 15 is 0 Å². The molecule has 3 heterocycles. The predicted octanol–water partition coefficient (Wildman–Crippen LogP) is 3.14. The molecule has 1 amide bonds. The van der Waals surface area contributed by atoms with E-state index in [1.54, 1.807) is 4.90 Å². The SMILES string of the molecule is CCN(CC)CC1CCCCN1CC(=O)N1c2ccccc2C[NH+]([O-])c2cscc21. The summed E-state index contributed by atoms with van der Waals surface area (Å²) in [5.41, 5.74) is 3.20. The van der Waals surface area contributed by atoms with Crippen LogP contribution in [0.5, 0.6) is 0 Å². The summed E-state index contributed by atoms with van der Waals surface area (Å²) in [6, 6.07) is 8.24. The summed E-state index contributed by atoms with van der Waals surface area (Å²) in [6.07, 6.45) is 3.51. The Hall–Kier alpha value is -1.77. The molecule has 0 bridgehead atoms. The van der Waals surface area contributed by atoms with Crippen molar-refractivity contribution >= 4 is 34.3 Å². The van der Waals surface area contributed by atoms with Gasteiger partial charge in [-0.05, 0) is 38.5 Å². The number of amides is 1. The first-order valence-electron chi connectivity index (χ1n) is 11.1. The van der Waals surface area contributed by atoms with E-state index in [4.69, 9.17) is 0 Å². The third kappa shape index (κ3) is 4.31. The zero-order chi connectivity index (χ0) is 21.1. The Morgan fingerprint density at radius 2 is 2.00 bits per heavy atom. The van der Waals surface area contributed by atoms with Crippen molar-refractivity contribution in [2.45, 2.75) is 45.7 Å². The van der Waals surface area contributed by atoms with Crippen LogP contribution in [0.2, 0.25) is 0 Å². The Bertz CT molecular complexity index is 866. The molecule has 2 aliphatic rings. The third-order valence-corrected chi connectivity index (χ3v) is 7.20. The van der Waals surface area contributed by atoms with Crippen molar-refractivity contribution in [2.75, 3.05) is 37.6 Å². The van der Waals surface area contributed by atoms with E-state index in [-0.39, 0.29) is 11.0 Å². The number of nitrogens with one attached hydrogen (secondary N) is 1. The van der Waals surface area contributed by atoms with Crippen LogP contribution < -0.4 is 9.96 Å². The van der Waals surface area contributed by atoms with Crippen LogP contribution in [0.25, 0.3) is 0 Å². The third-order valence-electron chi connectivity index (χ3n) is 6.47. The molecule has 4 rings (SSSR count). The molecule has 0 aliphatic carbocycles. The molecule has 30 heavy (non-hydrogen) atoms. The minimum absolute atomic E-state index is 0.0586. The number of likely N-dealkylation sites (N-methyl/N-ethyl adjacent to an activating group) is 1. The Kier molecular flexibility index (Phi) is 6.85. The monoisotopic (exact) mass is 428 g/mol. The van der Waals surface area contributed by atoms with E-state index < -0.39 is 0 Å². The summed E-state index contributed by atoms with van der Waals surface area (Å²) in [5, 5.41) is 16.7. The van der Waals surface area contributed by atoms with E-state index in [9.17, 15) is 10.0 Å². The van der Waals surface area contributed by atoms with Gasteiger partial charge in [-0.25, -0.2) is 0 Å². The van der Waals surface area contributed by atoms with Crippen LogP contribution in [0.1, 0.15) is 38.7 Å². The first-order chi connectivity index (χ1) is 14.6. The summed E-state index contributed by atoms with van der Waals surface area (Å²) in [7, 11) is 0. The normalized spacial score (nSPS) is 21.9. The Labute approximate surface area is 183 Å². The number of hydrogen-bond donors (Lipinski definition) is 1. The van der Waals surface area contributed by atoms with Crippen molar-refractivity contribution in [1.29, 1.82) is 0 Å². The molecule has 2 unspecified atom stereocenters. The fourth-order valence-electron chi connectivity index (χ4n) is 4.72. The van der Waals surface area contributed by atoms with Gasteiger partial charge in [-0.1, -0.05) is 38.5 Å². The van der Waals surface area contributed by atoms with Gasteiger partial charge in [0, 0.05) is 23.5 Å². The molecule has 0 radical (unpaired) electrons. The van der Waals surface area contributed by atoms with Crippen molar-refractivity contribution in [3.63, 3.8) is 0 Å². The molecule has 1 aromatic carbocycles. The van der Waals surface area contributed by atoms with Crippen molar-refractivity contribution < 1.29 is 9.86 Å². The van der Waals surface area contributed by atoms with Crippen LogP contribution in [-0.2, 0) is 11.3 Å². The van der Waals surface area contributed by atoms with Gasteiger partial charge in [-0.3, -0.25) is 14.6 Å². The van der Waals surface area contributed by atoms with E-state index in [0.717, 1.165) is 56.0 Å². The van der Waals surface area contributed by atoms with Crippen molar-refractivity contribution in [2.24, 2.45) is 0 Å². The number of fused-ring (bicyclic) bond motifs is 2. The lowest BCUT2D eigenvalue weighted by molar-refractivity contribution is -0.790. The van der Waals surface area contributed by atoms with Crippen LogP contribution in [0.15, 0.2) is 35.0 Å². The van der Waals surface area contributed by atoms with Crippen LogP contribution >= 0.6 is 11.3 Å². The van der Waals surface area contributed by atoms with Crippen LogP contribution in [0, 0.1) is 5.21 Å². The molecule has 1 saturated heterocycles. The minimum atomic E-state index is 0.0586. The summed E-state index contributed by atoms with van der Waals surface area (Å²) in [6.45, 7) is 9.18. The number of hydrogen-bond acceptors (Lipinski definition) is 5. The number of hydroxylamine groups is 1. The predicted molar refractivity (Wildman–Crippen MR) is 123 cm³/mol. The molecular formula is C23H32N4O2S. The Morgan fingerprint density at radius 1 is 1.20 bits per heavy atom. The molecule has 2 aliphatic heterocycles. The molecule has 7 heteroatoms. The number of anilines is 2. The molecule has 1 N–H and O–H groups in total. The molecule has 1 fully saturated rings. The number of carbonyl (C=O) groups excluding carboxylic acids is 1. The zero-order valence-corrected chi connectivity index (χ0v) is 18.8. The fraction of sp³-hybridized carbons (Fsp3) is 0.522. The highest BCUT2D eigenvalue weighted by molar-refractivity contribution is 7.08. The molecular weight excluding hydrogens is 396 g/mol. The minimum Gasteiger partial charge on any atom is -0.629 e. The first-order valence-corrected chi connectivity index (χ1v) is 12.0. The van der Waals surface area contributed by atoms with E-state index in [0.29, 0.717) is 24.8 Å². The van der Waals surface area contributed by atoms with Gasteiger partial charge in [0.2, 0.25) is 5.91 Å². The lowest BCUT2D eigenvalue weighted by atomic mass is 10.0. The van der Waals surface area contributed by atoms with Gasteiger partial charge in [0.25, 0.3) is 0 Å². The van der Waals surface area contributed by atoms with Crippen molar-refractivity contribution in [1.82, 2.24) is 9.80 Å². The second-order valence-electron chi connectivity index (χ2n) is 8.23. The van der Waals surface area contributed by atoms with E-state index in [1.165, 1.54) is 17.8 Å². The lowest BCUT2D eigenvalue weighted by Crippen LogP contribution is -3.00. The van der Waals surface area contributed by atoms with Gasteiger partial charge in [0.05, 0.1) is 17.6 Å². The standard InChI is InChI=1S/C23H32N4O2S/c1-3-24(4-2)14-19-10-7-8-12-25(19)15-23(28)27-20-11-6-5-9-18(20)13-26(29)21-16-30-17-22(21)27/h5-6,9,11,16-17,19,26H,3-4,7-8,10,12-15H2,1-2H3. The highest BCUT2D eigenvalue weighted by Crippen LogP contribution is 2.37. The van der Waals surface area contributed by atoms with Gasteiger partial charge in [-0.15, -0.1) is 11.3 Å². The fourth-order valence-corrected chi connectivity index (χ4v) is 5.53. The van der Waals surface area contributed by atoms with Gasteiger partial charge in [-0.2, -0.15) is 0 Å². The van der Waals surface area contributed by atoms with Crippen molar-refractivity contribution in [3.05, 3.63) is 45.8 Å². The number of nitrogens with zero attached hydrogens (tertiary/aromatic N) is 3. The van der Waals surface area contributed by atoms with Gasteiger partial charge in [0.15, 0.2) is 5.69 Å². The number of thiophene rings is 1. The highest BCUT2D eigenvalue weighted by atomic mass is 32.1. The number of piperidine rings is 1. The number of para-hydroxylation sites is 1. The quantitative estimate of drug-likeness (QED) is 0.719. The second kappa shape index (κ2) is 9.58. The van der Waals surface area contributed by atoms with Crippen molar-refractivity contribution in [3.8, 4) is 0 Å². The molecule has 2 aromatic rings. The van der Waals surface area contributed by atoms with Gasteiger partial charge >= 0.3 is 0 Å². The number of likely N-dealkylation sites (tertiary alicyclic amines) is 1. The zero-order valence-electron chi connectivity index (χ0n) is 18.0. The average Bonchev–Trinajstić information content (AvgIpc) is 3.20. The molecule has 6 nitrogen and oxygen atoms in total. The average molecular weight is 429 g/mol. The lowest BCUT2D eigenvalue weighted by Gasteiger charge is -2.38. The second-order valence-corrected chi connectivity index (χ2v) is 8.98. The van der Waals surface area contributed by atoms with E-state index in [1.807, 2.05) is 35.0 Å². The Balaban J connectivity index is 1.61. The first kappa shape index (κ1) is 21.5. The maximum absolute atomic E-state index is 13.7. The summed E-state index contributed by atoms with van der Waals surface area (Å²) in [4.78, 5) is 20.3. The van der Waals surface area contributed by atoms with Gasteiger partial charge in [0.1, 0.15) is 12.2 Å². The molecule has 1 aromatic heterocycles. The Morgan fingerprint density at radius 3 is 2.80 bits per heavy atom. The maximum Gasteiger partial charge on any atom is 0.245 e. The van der Waals surface area contributed by atoms with Crippen LogP contribution in [0.4, 0.5) is 17.1 Å². The van der Waals surface area contributed by atoms with Gasteiger partial charge < -0.3 is 15.2 Å². The maximum atomic E-state index is 13.7. The molecule has 2 atom stereocenters.